The van der Waals surface area contributed by atoms with Crippen LogP contribution in [-0.2, 0) is 14.4 Å². The first-order valence-corrected chi connectivity index (χ1v) is 15.0. The zero-order valence-electron chi connectivity index (χ0n) is 24.8. The maximum absolute atomic E-state index is 13.9. The first-order chi connectivity index (χ1) is 20.7. The summed E-state index contributed by atoms with van der Waals surface area (Å²) in [5.74, 6) is -1.46. The number of carbonyl (C=O) groups is 3. The van der Waals surface area contributed by atoms with Crippen LogP contribution in [0.4, 0.5) is 0 Å². The number of hydrogen-bond donors (Lipinski definition) is 1. The Hall–Kier alpha value is -4.75. The molecule has 43 heavy (non-hydrogen) atoms. The fourth-order valence-corrected chi connectivity index (χ4v) is 5.76. The van der Waals surface area contributed by atoms with Gasteiger partial charge in [-0.15, -0.1) is 0 Å². The summed E-state index contributed by atoms with van der Waals surface area (Å²) in [5, 5.41) is 3.24. The van der Waals surface area contributed by atoms with Crippen LogP contribution in [0, 0.1) is 20.8 Å². The van der Waals surface area contributed by atoms with Crippen molar-refractivity contribution >= 4 is 40.7 Å². The van der Waals surface area contributed by atoms with Crippen molar-refractivity contribution in [1.82, 2.24) is 10.2 Å². The van der Waals surface area contributed by atoms with Gasteiger partial charge in [-0.2, -0.15) is 4.99 Å². The van der Waals surface area contributed by atoms with Crippen LogP contribution in [0.25, 0.3) is 6.08 Å². The first kappa shape index (κ1) is 31.2. The maximum atomic E-state index is 13.9. The molecule has 0 aromatic heterocycles. The Morgan fingerprint density at radius 2 is 1.56 bits per heavy atom. The van der Waals surface area contributed by atoms with E-state index in [2.05, 4.69) is 16.9 Å². The molecule has 0 saturated heterocycles. The number of benzene rings is 3. The maximum Gasteiger partial charge on any atom is 0.285 e. The Morgan fingerprint density at radius 3 is 2.09 bits per heavy atom. The minimum atomic E-state index is -0.641. The summed E-state index contributed by atoms with van der Waals surface area (Å²) >= 11 is 1.04. The van der Waals surface area contributed by atoms with E-state index in [9.17, 15) is 14.4 Å². The van der Waals surface area contributed by atoms with Crippen LogP contribution in [0.1, 0.15) is 46.3 Å². The summed E-state index contributed by atoms with van der Waals surface area (Å²) in [6.45, 7) is 11.4. The van der Waals surface area contributed by atoms with E-state index >= 15 is 0 Å². The average Bonchev–Trinajstić information content (AvgIpc) is 3.00. The van der Waals surface area contributed by atoms with Gasteiger partial charge in [-0.05, 0) is 67.7 Å². The molecule has 0 saturated carbocycles. The molecule has 0 spiro atoms. The second-order valence-electron chi connectivity index (χ2n) is 10.1. The van der Waals surface area contributed by atoms with Gasteiger partial charge in [0.25, 0.3) is 11.8 Å². The molecule has 0 unspecified atom stereocenters. The van der Waals surface area contributed by atoms with E-state index in [0.717, 1.165) is 45.1 Å². The van der Waals surface area contributed by atoms with Crippen LogP contribution in [0.2, 0.25) is 0 Å². The lowest BCUT2D eigenvalue weighted by atomic mass is 9.97. The number of rotatable bonds is 9. The molecule has 3 aromatic carbocycles. The second-order valence-corrected chi connectivity index (χ2v) is 11.1. The highest BCUT2D eigenvalue weighted by Crippen LogP contribution is 2.28. The third-order valence-electron chi connectivity index (χ3n) is 6.94. The summed E-state index contributed by atoms with van der Waals surface area (Å²) in [6.07, 6.45) is 8.40. The molecule has 7 heteroatoms. The van der Waals surface area contributed by atoms with E-state index in [1.54, 1.807) is 37.3 Å². The average molecular weight is 590 g/mol. The van der Waals surface area contributed by atoms with Gasteiger partial charge in [0.2, 0.25) is 5.91 Å². The summed E-state index contributed by atoms with van der Waals surface area (Å²) in [4.78, 5) is 46.2. The largest absolute Gasteiger partial charge is 0.344 e. The summed E-state index contributed by atoms with van der Waals surface area (Å²) in [7, 11) is 0. The van der Waals surface area contributed by atoms with Crippen molar-refractivity contribution in [2.45, 2.75) is 33.7 Å². The van der Waals surface area contributed by atoms with E-state index in [0.29, 0.717) is 5.70 Å². The molecule has 3 amide bonds. The number of amides is 3. The van der Waals surface area contributed by atoms with E-state index in [1.807, 2.05) is 93.6 Å². The predicted molar refractivity (Wildman–Crippen MR) is 176 cm³/mol. The molecule has 1 aliphatic rings. The molecule has 4 rings (SSSR count). The normalized spacial score (nSPS) is 14.9. The van der Waals surface area contributed by atoms with Crippen molar-refractivity contribution in [3.8, 4) is 0 Å². The monoisotopic (exact) mass is 589 g/mol. The Bertz CT molecular complexity index is 1590. The van der Waals surface area contributed by atoms with Gasteiger partial charge in [0.05, 0.1) is 11.8 Å². The van der Waals surface area contributed by atoms with Crippen molar-refractivity contribution in [2.24, 2.45) is 4.99 Å². The van der Waals surface area contributed by atoms with Crippen LogP contribution < -0.4 is 5.32 Å². The minimum Gasteiger partial charge on any atom is -0.344 e. The zero-order chi connectivity index (χ0) is 30.9. The third-order valence-corrected chi connectivity index (χ3v) is 7.88. The van der Waals surface area contributed by atoms with Crippen LogP contribution in [0.3, 0.4) is 0 Å². The van der Waals surface area contributed by atoms with E-state index in [1.165, 1.54) is 4.90 Å². The number of aryl methyl sites for hydroxylation is 3. The quantitative estimate of drug-likeness (QED) is 0.166. The molecule has 1 aliphatic heterocycles. The summed E-state index contributed by atoms with van der Waals surface area (Å²) in [6, 6.07) is 23.1. The Balaban J connectivity index is 1.64. The number of nitrogens with zero attached hydrogens (tertiary/aromatic N) is 2. The van der Waals surface area contributed by atoms with Crippen molar-refractivity contribution in [3.05, 3.63) is 148 Å². The Labute approximate surface area is 257 Å². The van der Waals surface area contributed by atoms with Crippen molar-refractivity contribution < 1.29 is 14.4 Å². The lowest BCUT2D eigenvalue weighted by molar-refractivity contribution is -0.126. The minimum absolute atomic E-state index is 0.0385. The topological polar surface area (TPSA) is 78.8 Å². The first-order valence-electron chi connectivity index (χ1n) is 14.0. The van der Waals surface area contributed by atoms with Gasteiger partial charge >= 0.3 is 0 Å². The van der Waals surface area contributed by atoms with Crippen molar-refractivity contribution in [3.63, 3.8) is 0 Å². The van der Waals surface area contributed by atoms with Crippen LogP contribution in [0.15, 0.2) is 120 Å². The van der Waals surface area contributed by atoms with Crippen LogP contribution in [-0.4, -0.2) is 33.5 Å². The molecule has 3 aromatic rings. The molecule has 0 aliphatic carbocycles. The van der Waals surface area contributed by atoms with Crippen LogP contribution >= 0.6 is 11.8 Å². The van der Waals surface area contributed by atoms with Gasteiger partial charge in [-0.3, -0.25) is 19.3 Å². The van der Waals surface area contributed by atoms with Gasteiger partial charge in [-0.1, -0.05) is 115 Å². The molecule has 0 atom stereocenters. The lowest BCUT2D eigenvalue weighted by Crippen LogP contribution is -2.42. The lowest BCUT2D eigenvalue weighted by Gasteiger charge is -2.28. The molecule has 1 heterocycles. The van der Waals surface area contributed by atoms with Crippen LogP contribution in [0.5, 0.6) is 0 Å². The number of amidine groups is 1. The summed E-state index contributed by atoms with van der Waals surface area (Å²) < 4.78 is 0. The number of allylic oxidation sites excluding steroid dienone is 4. The van der Waals surface area contributed by atoms with Gasteiger partial charge in [0.15, 0.2) is 5.17 Å². The molecule has 218 valence electrons. The smallest absolute Gasteiger partial charge is 0.285 e. The molecule has 0 fully saturated rings. The van der Waals surface area contributed by atoms with Gasteiger partial charge < -0.3 is 5.32 Å². The number of aliphatic imine (C=N–C) groups is 1. The van der Waals surface area contributed by atoms with Crippen molar-refractivity contribution in [1.29, 1.82) is 0 Å². The molecule has 1 N–H and O–H groups in total. The third kappa shape index (κ3) is 7.56. The SMILES string of the molecule is C=C/C=C\C(=C/C)N1C(=O)/C(=C/c2c(C)cc(C)cc2C)C(=O)N=C1SCC(=O)NC(c1ccccc1)c1ccccc1. The van der Waals surface area contributed by atoms with Gasteiger partial charge in [-0.25, -0.2) is 0 Å². The van der Waals surface area contributed by atoms with E-state index < -0.39 is 11.8 Å². The van der Waals surface area contributed by atoms with Gasteiger partial charge in [0.1, 0.15) is 5.57 Å². The fourth-order valence-electron chi connectivity index (χ4n) is 4.96. The summed E-state index contributed by atoms with van der Waals surface area (Å²) in [5.41, 5.74) is 6.19. The number of nitrogens with one attached hydrogen (secondary N) is 1. The van der Waals surface area contributed by atoms with Gasteiger partial charge in [0, 0.05) is 5.70 Å². The number of hydrogen-bond acceptors (Lipinski definition) is 4. The molecule has 0 bridgehead atoms. The highest BCUT2D eigenvalue weighted by atomic mass is 32.2. The molecular formula is C36H35N3O3S. The predicted octanol–water partition coefficient (Wildman–Crippen LogP) is 7.01. The highest BCUT2D eigenvalue weighted by molar-refractivity contribution is 8.14. The number of carbonyl (C=O) groups excluding carboxylic acids is 3. The molecule has 0 radical (unpaired) electrons. The zero-order valence-corrected chi connectivity index (χ0v) is 25.7. The van der Waals surface area contributed by atoms with Crippen molar-refractivity contribution in [2.75, 3.05) is 5.75 Å². The molecule has 6 nitrogen and oxygen atoms in total. The Morgan fingerprint density at radius 1 is 0.977 bits per heavy atom. The fraction of sp³-hybridized carbons (Fsp3) is 0.167. The second kappa shape index (κ2) is 14.4. The van der Waals surface area contributed by atoms with E-state index in [-0.39, 0.29) is 28.4 Å². The number of thioether (sulfide) groups is 1. The highest BCUT2D eigenvalue weighted by Gasteiger charge is 2.35. The molecular weight excluding hydrogens is 554 g/mol. The Kier molecular flexibility index (Phi) is 10.5. The standard InChI is InChI=1S/C36H35N3O3S/c1-6-8-19-29(7-2)39-35(42)31(22-30-25(4)20-24(3)21-26(30)5)34(41)38-36(39)43-23-32(40)37-33(27-15-11-9-12-16-27)28-17-13-10-14-18-28/h6-22,33H,1,23H2,2-5H3,(H,37,40)/b19-8-,29-7+,31-22+. The van der Waals surface area contributed by atoms with E-state index in [4.69, 9.17) is 0 Å².